The van der Waals surface area contributed by atoms with Crippen LogP contribution in [0.2, 0.25) is 0 Å². The highest BCUT2D eigenvalue weighted by atomic mass is 16.2. The van der Waals surface area contributed by atoms with E-state index < -0.39 is 0 Å². The lowest BCUT2D eigenvalue weighted by Crippen LogP contribution is -2.44. The average Bonchev–Trinajstić information content (AvgIpc) is 3.15. The number of aromatic nitrogens is 3. The molecule has 1 amide bonds. The number of carbonyl (C=O) groups excluding carboxylic acids is 1. The molecule has 0 unspecified atom stereocenters. The van der Waals surface area contributed by atoms with Crippen molar-refractivity contribution in [3.8, 4) is 0 Å². The minimum Gasteiger partial charge on any atom is -0.337 e. The molecule has 0 atom stereocenters. The molecule has 24 heavy (non-hydrogen) atoms. The van der Waals surface area contributed by atoms with Gasteiger partial charge in [-0.15, -0.1) is 0 Å². The Morgan fingerprint density at radius 3 is 2.62 bits per heavy atom. The number of carbonyl (C=O) groups is 1. The van der Waals surface area contributed by atoms with E-state index in [-0.39, 0.29) is 11.3 Å². The van der Waals surface area contributed by atoms with Crippen molar-refractivity contribution in [2.75, 3.05) is 24.5 Å². The molecular weight excluding hydrogens is 302 g/mol. The lowest BCUT2D eigenvalue weighted by atomic mass is 9.77. The molecular formula is C18H23N5O. The maximum absolute atomic E-state index is 13.0. The number of pyridine rings is 1. The molecule has 0 N–H and O–H groups in total. The maximum atomic E-state index is 13.0. The molecule has 6 nitrogen and oxygen atoms in total. The summed E-state index contributed by atoms with van der Waals surface area (Å²) in [5.41, 5.74) is 0.753. The van der Waals surface area contributed by atoms with Crippen LogP contribution in [0.1, 0.15) is 25.1 Å². The zero-order valence-corrected chi connectivity index (χ0v) is 14.1. The Labute approximate surface area is 142 Å². The van der Waals surface area contributed by atoms with Gasteiger partial charge in [-0.1, -0.05) is 0 Å². The second-order valence-corrected chi connectivity index (χ2v) is 6.93. The van der Waals surface area contributed by atoms with Gasteiger partial charge in [0.1, 0.15) is 5.82 Å². The van der Waals surface area contributed by atoms with Gasteiger partial charge >= 0.3 is 0 Å². The SMILES string of the molecule is Cn1ccnc1CN1CCC2(CC1)CCN(c1cccnc1)C2=O. The fourth-order valence-corrected chi connectivity index (χ4v) is 3.93. The van der Waals surface area contributed by atoms with E-state index in [1.54, 1.807) is 12.4 Å². The van der Waals surface area contributed by atoms with Crippen molar-refractivity contribution in [1.82, 2.24) is 19.4 Å². The van der Waals surface area contributed by atoms with Crippen LogP contribution in [0.15, 0.2) is 36.9 Å². The van der Waals surface area contributed by atoms with Crippen molar-refractivity contribution in [1.29, 1.82) is 0 Å². The molecule has 2 saturated heterocycles. The van der Waals surface area contributed by atoms with Crippen molar-refractivity contribution in [3.63, 3.8) is 0 Å². The van der Waals surface area contributed by atoms with Gasteiger partial charge in [-0.2, -0.15) is 0 Å². The molecule has 0 saturated carbocycles. The fraction of sp³-hybridized carbons (Fsp3) is 0.500. The third kappa shape index (κ3) is 2.60. The molecule has 4 heterocycles. The van der Waals surface area contributed by atoms with Gasteiger partial charge in [0.05, 0.1) is 23.8 Å². The summed E-state index contributed by atoms with van der Waals surface area (Å²) in [6, 6.07) is 3.86. The second-order valence-electron chi connectivity index (χ2n) is 6.93. The van der Waals surface area contributed by atoms with Gasteiger partial charge in [0.15, 0.2) is 0 Å². The number of imidazole rings is 1. The molecule has 126 valence electrons. The van der Waals surface area contributed by atoms with Gasteiger partial charge < -0.3 is 9.47 Å². The van der Waals surface area contributed by atoms with E-state index >= 15 is 0 Å². The van der Waals surface area contributed by atoms with E-state index in [0.29, 0.717) is 0 Å². The monoisotopic (exact) mass is 325 g/mol. The Hall–Kier alpha value is -2.21. The summed E-state index contributed by atoms with van der Waals surface area (Å²) in [5, 5.41) is 0. The standard InChI is InChI=1S/C18H23N5O/c1-21-12-8-20-16(21)14-22-9-4-18(5-10-22)6-11-23(17(18)24)15-3-2-7-19-13-15/h2-3,7-8,12-13H,4-6,9-11,14H2,1H3. The lowest BCUT2D eigenvalue weighted by molar-refractivity contribution is -0.128. The van der Waals surface area contributed by atoms with Gasteiger partial charge in [0.2, 0.25) is 5.91 Å². The van der Waals surface area contributed by atoms with Gasteiger partial charge in [-0.3, -0.25) is 14.7 Å². The first kappa shape index (κ1) is 15.3. The first-order valence-corrected chi connectivity index (χ1v) is 8.59. The number of anilines is 1. The smallest absolute Gasteiger partial charge is 0.233 e. The Morgan fingerprint density at radius 2 is 1.96 bits per heavy atom. The highest BCUT2D eigenvalue weighted by molar-refractivity contribution is 5.99. The van der Waals surface area contributed by atoms with E-state index in [2.05, 4.69) is 19.4 Å². The minimum absolute atomic E-state index is 0.173. The van der Waals surface area contributed by atoms with Crippen LogP contribution in [0.4, 0.5) is 5.69 Å². The molecule has 4 rings (SSSR count). The zero-order valence-electron chi connectivity index (χ0n) is 14.1. The van der Waals surface area contributed by atoms with E-state index in [1.807, 2.05) is 36.5 Å². The number of amides is 1. The molecule has 0 aliphatic carbocycles. The normalized spacial score (nSPS) is 20.9. The van der Waals surface area contributed by atoms with Gasteiger partial charge in [0.25, 0.3) is 0 Å². The van der Waals surface area contributed by atoms with Crippen LogP contribution >= 0.6 is 0 Å². The number of rotatable bonds is 3. The first-order valence-electron chi connectivity index (χ1n) is 8.59. The minimum atomic E-state index is -0.173. The number of aryl methyl sites for hydroxylation is 1. The third-order valence-electron chi connectivity index (χ3n) is 5.57. The predicted octanol–water partition coefficient (Wildman–Crippen LogP) is 1.83. The van der Waals surface area contributed by atoms with E-state index in [9.17, 15) is 4.79 Å². The molecule has 2 fully saturated rings. The first-order chi connectivity index (χ1) is 11.7. The van der Waals surface area contributed by atoms with Crippen molar-refractivity contribution in [2.45, 2.75) is 25.8 Å². The molecule has 2 aromatic heterocycles. The molecule has 2 aromatic rings. The molecule has 2 aliphatic heterocycles. The number of hydrogen-bond donors (Lipinski definition) is 0. The predicted molar refractivity (Wildman–Crippen MR) is 91.4 cm³/mol. The largest absolute Gasteiger partial charge is 0.337 e. The summed E-state index contributed by atoms with van der Waals surface area (Å²) in [6.45, 7) is 3.59. The zero-order chi connectivity index (χ0) is 16.6. The van der Waals surface area contributed by atoms with Crippen molar-refractivity contribution >= 4 is 11.6 Å². The fourth-order valence-electron chi connectivity index (χ4n) is 3.93. The Kier molecular flexibility index (Phi) is 3.84. The number of likely N-dealkylation sites (tertiary alicyclic amines) is 1. The quantitative estimate of drug-likeness (QED) is 0.864. The van der Waals surface area contributed by atoms with Crippen molar-refractivity contribution in [2.24, 2.45) is 12.5 Å². The molecule has 6 heteroatoms. The van der Waals surface area contributed by atoms with Gasteiger partial charge in [-0.05, 0) is 44.5 Å². The summed E-state index contributed by atoms with van der Waals surface area (Å²) in [7, 11) is 2.03. The number of piperidine rings is 1. The van der Waals surface area contributed by atoms with Gasteiger partial charge in [-0.25, -0.2) is 4.98 Å². The Morgan fingerprint density at radius 1 is 1.17 bits per heavy atom. The second kappa shape index (κ2) is 6.02. The molecule has 1 spiro atoms. The summed E-state index contributed by atoms with van der Waals surface area (Å²) in [6.07, 6.45) is 10.2. The summed E-state index contributed by atoms with van der Waals surface area (Å²) < 4.78 is 2.06. The average molecular weight is 325 g/mol. The molecule has 2 aliphatic rings. The maximum Gasteiger partial charge on any atom is 0.233 e. The van der Waals surface area contributed by atoms with Crippen LogP contribution in [-0.2, 0) is 18.4 Å². The molecule has 0 radical (unpaired) electrons. The van der Waals surface area contributed by atoms with Crippen LogP contribution < -0.4 is 4.90 Å². The molecule has 0 bridgehead atoms. The topological polar surface area (TPSA) is 54.3 Å². The van der Waals surface area contributed by atoms with Crippen LogP contribution in [0.25, 0.3) is 0 Å². The van der Waals surface area contributed by atoms with Crippen molar-refractivity contribution < 1.29 is 4.79 Å². The summed E-state index contributed by atoms with van der Waals surface area (Å²) in [5.74, 6) is 1.37. The van der Waals surface area contributed by atoms with E-state index in [1.165, 1.54) is 0 Å². The highest BCUT2D eigenvalue weighted by Crippen LogP contribution is 2.43. The van der Waals surface area contributed by atoms with E-state index in [4.69, 9.17) is 0 Å². The van der Waals surface area contributed by atoms with Crippen LogP contribution in [0.3, 0.4) is 0 Å². The molecule has 0 aromatic carbocycles. The van der Waals surface area contributed by atoms with E-state index in [0.717, 1.165) is 57.0 Å². The highest BCUT2D eigenvalue weighted by Gasteiger charge is 2.48. The number of nitrogens with zero attached hydrogens (tertiary/aromatic N) is 5. The number of hydrogen-bond acceptors (Lipinski definition) is 4. The third-order valence-corrected chi connectivity index (χ3v) is 5.57. The summed E-state index contributed by atoms with van der Waals surface area (Å²) >= 11 is 0. The van der Waals surface area contributed by atoms with Crippen LogP contribution in [0, 0.1) is 5.41 Å². The Bertz CT molecular complexity index is 718. The Balaban J connectivity index is 1.42. The van der Waals surface area contributed by atoms with Crippen molar-refractivity contribution in [3.05, 3.63) is 42.7 Å². The van der Waals surface area contributed by atoms with Crippen LogP contribution in [-0.4, -0.2) is 45.0 Å². The van der Waals surface area contributed by atoms with Gasteiger partial charge in [0, 0.05) is 32.2 Å². The van der Waals surface area contributed by atoms with Crippen LogP contribution in [0.5, 0.6) is 0 Å². The lowest BCUT2D eigenvalue weighted by Gasteiger charge is -2.37. The summed E-state index contributed by atoms with van der Waals surface area (Å²) in [4.78, 5) is 25.9.